The molecule has 0 radical (unpaired) electrons. The van der Waals surface area contributed by atoms with E-state index in [4.69, 9.17) is 10.2 Å². The summed E-state index contributed by atoms with van der Waals surface area (Å²) in [5.74, 6) is -0.505. The third-order valence-corrected chi connectivity index (χ3v) is 1.57. The molecule has 60 valence electrons. The first-order chi connectivity index (χ1) is 4.57. The quantitative estimate of drug-likeness (QED) is 0.495. The lowest BCUT2D eigenvalue weighted by molar-refractivity contribution is -0.146. The Hall–Kier alpha value is -0.130. The van der Waals surface area contributed by atoms with E-state index in [-0.39, 0.29) is 0 Å². The van der Waals surface area contributed by atoms with Crippen LogP contribution in [0.15, 0.2) is 0 Å². The van der Waals surface area contributed by atoms with Crippen molar-refractivity contribution in [1.82, 2.24) is 0 Å². The molecule has 2 N–H and O–H groups in total. The maximum absolute atomic E-state index is 10.2. The van der Waals surface area contributed by atoms with E-state index in [9.17, 15) is 4.79 Å². The Morgan fingerprint density at radius 1 is 1.80 bits per heavy atom. The summed E-state index contributed by atoms with van der Waals surface area (Å²) in [6.45, 7) is 0.779. The molecule has 2 unspecified atom stereocenters. The van der Waals surface area contributed by atoms with E-state index in [1.807, 2.05) is 0 Å². The van der Waals surface area contributed by atoms with Gasteiger partial charge in [0, 0.05) is 6.92 Å². The number of halogens is 1. The number of carbonyl (C=O) groups is 1. The fourth-order valence-corrected chi connectivity index (χ4v) is 0.750. The molecule has 0 spiro atoms. The fourth-order valence-electron chi connectivity index (χ4n) is 0.320. The predicted octanol–water partition coefficient (Wildman–Crippen LogP) is -0.376. The van der Waals surface area contributed by atoms with Crippen LogP contribution in [-0.4, -0.2) is 33.9 Å². The van der Waals surface area contributed by atoms with Crippen LogP contribution in [0.2, 0.25) is 0 Å². The average Bonchev–Trinajstić information content (AvgIpc) is 1.85. The molecule has 0 saturated heterocycles. The highest BCUT2D eigenvalue weighted by atomic mass is 79.9. The molecule has 0 bridgehead atoms. The SMILES string of the molecule is CC(=O)OC(Br)C(O)CO. The van der Waals surface area contributed by atoms with Gasteiger partial charge in [-0.15, -0.1) is 0 Å². The number of ether oxygens (including phenoxy) is 1. The van der Waals surface area contributed by atoms with Crippen LogP contribution in [0.1, 0.15) is 6.92 Å². The first kappa shape index (κ1) is 9.87. The zero-order chi connectivity index (χ0) is 8.15. The maximum Gasteiger partial charge on any atom is 0.303 e. The Labute approximate surface area is 66.9 Å². The molecule has 0 saturated carbocycles. The Bertz CT molecular complexity index is 116. The highest BCUT2D eigenvalue weighted by Gasteiger charge is 2.16. The van der Waals surface area contributed by atoms with Crippen molar-refractivity contribution in [3.05, 3.63) is 0 Å². The van der Waals surface area contributed by atoms with Gasteiger partial charge in [0.25, 0.3) is 0 Å². The van der Waals surface area contributed by atoms with E-state index in [0.717, 1.165) is 0 Å². The van der Waals surface area contributed by atoms with Gasteiger partial charge in [0.1, 0.15) is 6.10 Å². The van der Waals surface area contributed by atoms with Gasteiger partial charge >= 0.3 is 5.97 Å². The average molecular weight is 213 g/mol. The van der Waals surface area contributed by atoms with Gasteiger partial charge < -0.3 is 14.9 Å². The van der Waals surface area contributed by atoms with Crippen molar-refractivity contribution in [1.29, 1.82) is 0 Å². The largest absolute Gasteiger partial charge is 0.448 e. The Kier molecular flexibility index (Phi) is 4.59. The number of esters is 1. The van der Waals surface area contributed by atoms with Gasteiger partial charge in [-0.3, -0.25) is 4.79 Å². The van der Waals surface area contributed by atoms with Gasteiger partial charge in [0.2, 0.25) is 0 Å². The van der Waals surface area contributed by atoms with Crippen LogP contribution in [0.4, 0.5) is 0 Å². The van der Waals surface area contributed by atoms with Crippen LogP contribution < -0.4 is 0 Å². The first-order valence-corrected chi connectivity index (χ1v) is 3.59. The van der Waals surface area contributed by atoms with Crippen molar-refractivity contribution in [2.45, 2.75) is 18.0 Å². The molecule has 0 rings (SSSR count). The predicted molar refractivity (Wildman–Crippen MR) is 37.6 cm³/mol. The summed E-state index contributed by atoms with van der Waals surface area (Å²) in [5.41, 5.74) is 0. The molecule has 10 heavy (non-hydrogen) atoms. The lowest BCUT2D eigenvalue weighted by Gasteiger charge is -2.13. The number of aliphatic hydroxyl groups is 2. The molecule has 0 fully saturated rings. The second kappa shape index (κ2) is 4.65. The maximum atomic E-state index is 10.2. The highest BCUT2D eigenvalue weighted by molar-refractivity contribution is 9.09. The second-order valence-corrected chi connectivity index (χ2v) is 2.61. The molecule has 0 amide bonds. The highest BCUT2D eigenvalue weighted by Crippen LogP contribution is 2.06. The van der Waals surface area contributed by atoms with Crippen LogP contribution in [0.25, 0.3) is 0 Å². The summed E-state index contributed by atoms with van der Waals surface area (Å²) >= 11 is 2.85. The minimum Gasteiger partial charge on any atom is -0.448 e. The summed E-state index contributed by atoms with van der Waals surface area (Å²) < 4.78 is 4.47. The van der Waals surface area contributed by atoms with E-state index in [1.54, 1.807) is 0 Å². The zero-order valence-electron chi connectivity index (χ0n) is 5.45. The van der Waals surface area contributed by atoms with E-state index in [0.29, 0.717) is 0 Å². The number of aliphatic hydroxyl groups excluding tert-OH is 2. The molecule has 0 heterocycles. The van der Waals surface area contributed by atoms with Crippen molar-refractivity contribution in [2.24, 2.45) is 0 Å². The molecule has 0 aromatic rings. The lowest BCUT2D eigenvalue weighted by atomic mass is 10.4. The minimum atomic E-state index is -1.07. The molecular weight excluding hydrogens is 204 g/mol. The fraction of sp³-hybridized carbons (Fsp3) is 0.800. The van der Waals surface area contributed by atoms with Crippen LogP contribution in [0.5, 0.6) is 0 Å². The number of carbonyl (C=O) groups excluding carboxylic acids is 1. The van der Waals surface area contributed by atoms with Crippen molar-refractivity contribution >= 4 is 21.9 Å². The van der Waals surface area contributed by atoms with Crippen LogP contribution in [0.3, 0.4) is 0 Å². The van der Waals surface area contributed by atoms with Crippen LogP contribution in [0, 0.1) is 0 Å². The molecule has 0 aromatic carbocycles. The van der Waals surface area contributed by atoms with Gasteiger partial charge in [0.15, 0.2) is 5.01 Å². The second-order valence-electron chi connectivity index (χ2n) is 1.71. The molecule has 0 aliphatic carbocycles. The van der Waals surface area contributed by atoms with Gasteiger partial charge in [-0.2, -0.15) is 0 Å². The summed E-state index contributed by atoms with van der Waals surface area (Å²) in [4.78, 5) is 10.2. The standard InChI is InChI=1S/C5H9BrO4/c1-3(8)10-5(6)4(9)2-7/h4-5,7,9H,2H2,1H3. The summed E-state index contributed by atoms with van der Waals surface area (Å²) in [6, 6.07) is 0. The van der Waals surface area contributed by atoms with Crippen LogP contribution in [-0.2, 0) is 9.53 Å². The summed E-state index contributed by atoms with van der Waals surface area (Å²) in [5, 5.41) is 16.3. The number of alkyl halides is 1. The number of hydrogen-bond donors (Lipinski definition) is 2. The summed E-state index contributed by atoms with van der Waals surface area (Å²) in [6.07, 6.45) is -1.07. The van der Waals surface area contributed by atoms with Crippen molar-refractivity contribution in [3.8, 4) is 0 Å². The van der Waals surface area contributed by atoms with E-state index < -0.39 is 23.7 Å². The molecular formula is C5H9BrO4. The third-order valence-electron chi connectivity index (χ3n) is 0.768. The first-order valence-electron chi connectivity index (χ1n) is 2.68. The van der Waals surface area contributed by atoms with Gasteiger partial charge in [-0.05, 0) is 15.9 Å². The molecule has 4 nitrogen and oxygen atoms in total. The third kappa shape index (κ3) is 3.81. The van der Waals surface area contributed by atoms with E-state index in [2.05, 4.69) is 20.7 Å². The van der Waals surface area contributed by atoms with Crippen molar-refractivity contribution < 1.29 is 19.7 Å². The number of hydrogen-bond acceptors (Lipinski definition) is 4. The number of rotatable bonds is 3. The monoisotopic (exact) mass is 212 g/mol. The topological polar surface area (TPSA) is 66.8 Å². The normalized spacial score (nSPS) is 16.0. The zero-order valence-corrected chi connectivity index (χ0v) is 7.04. The molecule has 5 heteroatoms. The summed E-state index contributed by atoms with van der Waals surface area (Å²) in [7, 11) is 0. The Morgan fingerprint density at radius 2 is 2.30 bits per heavy atom. The molecule has 2 atom stereocenters. The van der Waals surface area contributed by atoms with Gasteiger partial charge in [0.05, 0.1) is 6.61 Å². The van der Waals surface area contributed by atoms with E-state index in [1.165, 1.54) is 6.92 Å². The minimum absolute atomic E-state index is 0.441. The Morgan fingerprint density at radius 3 is 2.60 bits per heavy atom. The lowest BCUT2D eigenvalue weighted by Crippen LogP contribution is -2.28. The van der Waals surface area contributed by atoms with Gasteiger partial charge in [-0.1, -0.05) is 0 Å². The van der Waals surface area contributed by atoms with Crippen molar-refractivity contribution in [2.75, 3.05) is 6.61 Å². The van der Waals surface area contributed by atoms with Crippen LogP contribution >= 0.6 is 15.9 Å². The van der Waals surface area contributed by atoms with Gasteiger partial charge in [-0.25, -0.2) is 0 Å². The van der Waals surface area contributed by atoms with Crippen molar-refractivity contribution in [3.63, 3.8) is 0 Å². The Balaban J connectivity index is 3.61. The molecule has 0 aliphatic rings. The smallest absolute Gasteiger partial charge is 0.303 e. The van der Waals surface area contributed by atoms with E-state index >= 15 is 0 Å². The molecule has 0 aliphatic heterocycles. The molecule has 0 aromatic heterocycles.